The zero-order valence-electron chi connectivity index (χ0n) is 15.7. The summed E-state index contributed by atoms with van der Waals surface area (Å²) in [7, 11) is 1.61. The van der Waals surface area contributed by atoms with E-state index in [-0.39, 0.29) is 5.78 Å². The lowest BCUT2D eigenvalue weighted by atomic mass is 10.1. The Kier molecular flexibility index (Phi) is 6.02. The van der Waals surface area contributed by atoms with Gasteiger partial charge in [0.25, 0.3) is 0 Å². The lowest BCUT2D eigenvalue weighted by Gasteiger charge is -2.05. The topological polar surface area (TPSA) is 52.6 Å². The number of allylic oxidation sites excluding steroid dienone is 1. The van der Waals surface area contributed by atoms with E-state index in [2.05, 4.69) is 0 Å². The number of esters is 1. The van der Waals surface area contributed by atoms with Crippen molar-refractivity contribution >= 4 is 17.8 Å². The number of ether oxygens (including phenoxy) is 2. The SMILES string of the molecule is COc1ccc(C=CC(=O)c2ccc(OC(=O)c3ccc(C)cc3)cc2)cc1. The normalized spacial score (nSPS) is 10.6. The highest BCUT2D eigenvalue weighted by Crippen LogP contribution is 2.16. The van der Waals surface area contributed by atoms with Crippen LogP contribution in [-0.4, -0.2) is 18.9 Å². The second-order valence-corrected chi connectivity index (χ2v) is 6.25. The summed E-state index contributed by atoms with van der Waals surface area (Å²) in [5.74, 6) is 0.589. The van der Waals surface area contributed by atoms with Crippen molar-refractivity contribution < 1.29 is 19.1 Å². The molecule has 0 aliphatic rings. The summed E-state index contributed by atoms with van der Waals surface area (Å²) in [6, 6.07) is 21.1. The molecule has 0 amide bonds. The molecule has 3 aromatic rings. The fraction of sp³-hybridized carbons (Fsp3) is 0.0833. The lowest BCUT2D eigenvalue weighted by molar-refractivity contribution is 0.0734. The van der Waals surface area contributed by atoms with Crippen LogP contribution in [0.5, 0.6) is 11.5 Å². The number of benzene rings is 3. The van der Waals surface area contributed by atoms with Gasteiger partial charge in [0, 0.05) is 5.56 Å². The zero-order valence-corrected chi connectivity index (χ0v) is 15.7. The predicted molar refractivity (Wildman–Crippen MR) is 109 cm³/mol. The third kappa shape index (κ3) is 4.95. The van der Waals surface area contributed by atoms with Gasteiger partial charge in [0.05, 0.1) is 12.7 Å². The van der Waals surface area contributed by atoms with Crippen LogP contribution in [0.15, 0.2) is 78.9 Å². The lowest BCUT2D eigenvalue weighted by Crippen LogP contribution is -2.08. The Hall–Kier alpha value is -3.66. The average molecular weight is 372 g/mol. The van der Waals surface area contributed by atoms with Crippen LogP contribution >= 0.6 is 0 Å². The first-order valence-corrected chi connectivity index (χ1v) is 8.80. The Bertz CT molecular complexity index is 982. The molecule has 140 valence electrons. The molecule has 28 heavy (non-hydrogen) atoms. The average Bonchev–Trinajstić information content (AvgIpc) is 2.73. The molecule has 0 bridgehead atoms. The Balaban J connectivity index is 1.62. The third-order valence-electron chi connectivity index (χ3n) is 4.18. The second-order valence-electron chi connectivity index (χ2n) is 6.25. The van der Waals surface area contributed by atoms with Crippen molar-refractivity contribution in [2.75, 3.05) is 7.11 Å². The molecule has 3 aromatic carbocycles. The van der Waals surface area contributed by atoms with Crippen LogP contribution in [0.1, 0.15) is 31.8 Å². The second kappa shape index (κ2) is 8.82. The molecule has 0 fully saturated rings. The molecule has 0 aliphatic heterocycles. The van der Waals surface area contributed by atoms with Gasteiger partial charge in [0.2, 0.25) is 0 Å². The molecule has 0 saturated carbocycles. The number of methoxy groups -OCH3 is 1. The first kappa shape index (κ1) is 19.1. The highest BCUT2D eigenvalue weighted by molar-refractivity contribution is 6.06. The van der Waals surface area contributed by atoms with Crippen molar-refractivity contribution in [1.82, 2.24) is 0 Å². The molecule has 0 heterocycles. The van der Waals surface area contributed by atoms with Gasteiger partial charge in [-0.3, -0.25) is 4.79 Å². The minimum atomic E-state index is -0.432. The van der Waals surface area contributed by atoms with Gasteiger partial charge in [-0.15, -0.1) is 0 Å². The van der Waals surface area contributed by atoms with Crippen molar-refractivity contribution in [3.05, 3.63) is 101 Å². The van der Waals surface area contributed by atoms with Crippen LogP contribution in [0.25, 0.3) is 6.08 Å². The molecule has 0 spiro atoms. The summed E-state index contributed by atoms with van der Waals surface area (Å²) in [4.78, 5) is 24.4. The molecule has 4 heteroatoms. The van der Waals surface area contributed by atoms with Gasteiger partial charge in [-0.2, -0.15) is 0 Å². The quantitative estimate of drug-likeness (QED) is 0.261. The van der Waals surface area contributed by atoms with Crippen LogP contribution in [-0.2, 0) is 0 Å². The number of hydrogen-bond acceptors (Lipinski definition) is 4. The first-order chi connectivity index (χ1) is 13.5. The fourth-order valence-electron chi connectivity index (χ4n) is 2.53. The molecule has 0 unspecified atom stereocenters. The summed E-state index contributed by atoms with van der Waals surface area (Å²) >= 11 is 0. The summed E-state index contributed by atoms with van der Waals surface area (Å²) < 4.78 is 10.5. The molecule has 0 aliphatic carbocycles. The van der Waals surface area contributed by atoms with E-state index in [0.29, 0.717) is 16.9 Å². The summed E-state index contributed by atoms with van der Waals surface area (Å²) in [5, 5.41) is 0. The van der Waals surface area contributed by atoms with Gasteiger partial charge in [0.1, 0.15) is 11.5 Å². The molecule has 0 radical (unpaired) electrons. The van der Waals surface area contributed by atoms with E-state index in [4.69, 9.17) is 9.47 Å². The van der Waals surface area contributed by atoms with Gasteiger partial charge < -0.3 is 9.47 Å². The smallest absolute Gasteiger partial charge is 0.343 e. The van der Waals surface area contributed by atoms with Crippen LogP contribution in [0.3, 0.4) is 0 Å². The molecule has 3 rings (SSSR count). The van der Waals surface area contributed by atoms with Crippen LogP contribution < -0.4 is 9.47 Å². The summed E-state index contributed by atoms with van der Waals surface area (Å²) in [5.41, 5.74) is 2.97. The van der Waals surface area contributed by atoms with E-state index >= 15 is 0 Å². The minimum Gasteiger partial charge on any atom is -0.497 e. The third-order valence-corrected chi connectivity index (χ3v) is 4.18. The molecule has 0 saturated heterocycles. The van der Waals surface area contributed by atoms with E-state index in [0.717, 1.165) is 16.9 Å². The first-order valence-electron chi connectivity index (χ1n) is 8.80. The van der Waals surface area contributed by atoms with Gasteiger partial charge in [-0.25, -0.2) is 4.79 Å². The highest BCUT2D eigenvalue weighted by atomic mass is 16.5. The number of carbonyl (C=O) groups excluding carboxylic acids is 2. The standard InChI is InChI=1S/C24H20O4/c1-17-3-8-20(9-4-17)24(26)28-22-14-10-19(11-15-22)23(25)16-7-18-5-12-21(27-2)13-6-18/h3-16H,1-2H3. The van der Waals surface area contributed by atoms with E-state index in [9.17, 15) is 9.59 Å². The maximum absolute atomic E-state index is 12.3. The molecule has 0 N–H and O–H groups in total. The maximum atomic E-state index is 12.3. The van der Waals surface area contributed by atoms with E-state index in [1.165, 1.54) is 6.08 Å². The van der Waals surface area contributed by atoms with Gasteiger partial charge in [-0.05, 0) is 67.1 Å². The molecular weight excluding hydrogens is 352 g/mol. The number of hydrogen-bond donors (Lipinski definition) is 0. The maximum Gasteiger partial charge on any atom is 0.343 e. The summed E-state index contributed by atoms with van der Waals surface area (Å²) in [6.07, 6.45) is 3.25. The fourth-order valence-corrected chi connectivity index (χ4v) is 2.53. The number of rotatable bonds is 6. The monoisotopic (exact) mass is 372 g/mol. The minimum absolute atomic E-state index is 0.132. The number of carbonyl (C=O) groups is 2. The Morgan fingerprint density at radius 2 is 1.32 bits per heavy atom. The van der Waals surface area contributed by atoms with Crippen LogP contribution in [0.2, 0.25) is 0 Å². The van der Waals surface area contributed by atoms with Gasteiger partial charge >= 0.3 is 5.97 Å². The Morgan fingerprint density at radius 1 is 0.750 bits per heavy atom. The molecule has 0 aromatic heterocycles. The van der Waals surface area contributed by atoms with Crippen molar-refractivity contribution in [3.63, 3.8) is 0 Å². The van der Waals surface area contributed by atoms with Crippen molar-refractivity contribution in [2.45, 2.75) is 6.92 Å². The van der Waals surface area contributed by atoms with Crippen molar-refractivity contribution in [2.24, 2.45) is 0 Å². The van der Waals surface area contributed by atoms with Crippen LogP contribution in [0.4, 0.5) is 0 Å². The van der Waals surface area contributed by atoms with Gasteiger partial charge in [-0.1, -0.05) is 35.9 Å². The Labute approximate surface area is 164 Å². The highest BCUT2D eigenvalue weighted by Gasteiger charge is 2.09. The Morgan fingerprint density at radius 3 is 1.93 bits per heavy atom. The molecule has 0 atom stereocenters. The zero-order chi connectivity index (χ0) is 19.9. The van der Waals surface area contributed by atoms with E-state index in [1.54, 1.807) is 49.6 Å². The van der Waals surface area contributed by atoms with Crippen molar-refractivity contribution in [1.29, 1.82) is 0 Å². The predicted octanol–water partition coefficient (Wildman–Crippen LogP) is 5.12. The molecular formula is C24H20O4. The van der Waals surface area contributed by atoms with E-state index in [1.807, 2.05) is 43.3 Å². The number of aryl methyl sites for hydroxylation is 1. The summed E-state index contributed by atoms with van der Waals surface area (Å²) in [6.45, 7) is 1.95. The molecule has 4 nitrogen and oxygen atoms in total. The van der Waals surface area contributed by atoms with Crippen LogP contribution in [0, 0.1) is 6.92 Å². The largest absolute Gasteiger partial charge is 0.497 e. The van der Waals surface area contributed by atoms with E-state index < -0.39 is 5.97 Å². The van der Waals surface area contributed by atoms with Crippen molar-refractivity contribution in [3.8, 4) is 11.5 Å². The number of ketones is 1. The van der Waals surface area contributed by atoms with Gasteiger partial charge in [0.15, 0.2) is 5.78 Å².